The average molecular weight is 269 g/mol. The van der Waals surface area contributed by atoms with Crippen LogP contribution in [0.4, 0.5) is 0 Å². The molecule has 1 heterocycles. The Morgan fingerprint density at radius 1 is 1.31 bits per heavy atom. The van der Waals surface area contributed by atoms with Crippen LogP contribution in [-0.2, 0) is 10.0 Å². The average Bonchev–Trinajstić information content (AvgIpc) is 2.98. The van der Waals surface area contributed by atoms with Gasteiger partial charge in [0.1, 0.15) is 0 Å². The van der Waals surface area contributed by atoms with Gasteiger partial charge in [0.2, 0.25) is 10.0 Å². The molecule has 0 aromatic rings. The molecule has 1 aliphatic heterocycles. The molecule has 1 aliphatic carbocycles. The molecule has 0 radical (unpaired) electrons. The van der Waals surface area contributed by atoms with Crippen molar-refractivity contribution >= 4 is 22.4 Å². The molecular formula is C10H21ClN2O2S. The van der Waals surface area contributed by atoms with E-state index in [-0.39, 0.29) is 24.2 Å². The van der Waals surface area contributed by atoms with Crippen LogP contribution in [0.1, 0.15) is 26.2 Å². The summed E-state index contributed by atoms with van der Waals surface area (Å²) in [5.41, 5.74) is 0. The third-order valence-electron chi connectivity index (χ3n) is 3.54. The minimum Gasteiger partial charge on any atom is -0.317 e. The lowest BCUT2D eigenvalue weighted by atomic mass is 9.93. The molecule has 2 aliphatic rings. The van der Waals surface area contributed by atoms with Crippen LogP contribution in [-0.4, -0.2) is 33.3 Å². The fourth-order valence-corrected chi connectivity index (χ4v) is 3.36. The van der Waals surface area contributed by atoms with Gasteiger partial charge in [-0.15, -0.1) is 12.4 Å². The first-order valence-electron chi connectivity index (χ1n) is 5.83. The fourth-order valence-electron chi connectivity index (χ4n) is 2.46. The first kappa shape index (κ1) is 14.2. The summed E-state index contributed by atoms with van der Waals surface area (Å²) in [6, 6.07) is 0.234. The topological polar surface area (TPSA) is 58.2 Å². The summed E-state index contributed by atoms with van der Waals surface area (Å²) in [4.78, 5) is 0. The van der Waals surface area contributed by atoms with Gasteiger partial charge in [0, 0.05) is 6.04 Å². The van der Waals surface area contributed by atoms with Crippen molar-refractivity contribution in [1.82, 2.24) is 10.0 Å². The number of rotatable bonds is 4. The van der Waals surface area contributed by atoms with Crippen LogP contribution in [0.15, 0.2) is 0 Å². The van der Waals surface area contributed by atoms with Crippen molar-refractivity contribution in [3.05, 3.63) is 0 Å². The van der Waals surface area contributed by atoms with E-state index in [9.17, 15) is 8.42 Å². The smallest absolute Gasteiger partial charge is 0.211 e. The van der Waals surface area contributed by atoms with Crippen LogP contribution >= 0.6 is 12.4 Å². The molecule has 2 rings (SSSR count). The van der Waals surface area contributed by atoms with Crippen molar-refractivity contribution in [3.63, 3.8) is 0 Å². The lowest BCUT2D eigenvalue weighted by molar-refractivity contribution is 0.330. The van der Waals surface area contributed by atoms with Crippen molar-refractivity contribution in [2.75, 3.05) is 18.8 Å². The molecule has 96 valence electrons. The minimum atomic E-state index is -2.99. The number of hydrogen-bond acceptors (Lipinski definition) is 3. The Hall–Kier alpha value is 0.160. The first-order valence-corrected chi connectivity index (χ1v) is 7.48. The van der Waals surface area contributed by atoms with Crippen LogP contribution < -0.4 is 10.0 Å². The molecule has 0 amide bonds. The molecular weight excluding hydrogens is 248 g/mol. The second-order valence-corrected chi connectivity index (χ2v) is 6.66. The number of halogens is 1. The zero-order valence-corrected chi connectivity index (χ0v) is 11.2. The molecule has 6 heteroatoms. The zero-order valence-electron chi connectivity index (χ0n) is 9.61. The fraction of sp³-hybridized carbons (Fsp3) is 1.00. The summed E-state index contributed by atoms with van der Waals surface area (Å²) in [7, 11) is -2.99. The maximum absolute atomic E-state index is 11.4. The van der Waals surface area contributed by atoms with E-state index < -0.39 is 10.0 Å². The predicted molar refractivity (Wildman–Crippen MR) is 67.3 cm³/mol. The summed E-state index contributed by atoms with van der Waals surface area (Å²) in [5, 5.41) is 3.33. The standard InChI is InChI=1S/C10H20N2O2S.ClH/c1-2-15(13,14)12-10-7-9(10)8-3-5-11-6-4-8;/h8-12H,2-7H2,1H3;1H/t9-,10+;/m0./s1. The molecule has 0 bridgehead atoms. The van der Waals surface area contributed by atoms with Crippen LogP contribution in [0.2, 0.25) is 0 Å². The highest BCUT2D eigenvalue weighted by atomic mass is 35.5. The molecule has 1 saturated carbocycles. The first-order chi connectivity index (χ1) is 7.12. The van der Waals surface area contributed by atoms with Gasteiger partial charge in [-0.1, -0.05) is 0 Å². The lowest BCUT2D eigenvalue weighted by Crippen LogP contribution is -2.33. The molecule has 0 spiro atoms. The third-order valence-corrected chi connectivity index (χ3v) is 4.96. The van der Waals surface area contributed by atoms with Crippen LogP contribution in [0.25, 0.3) is 0 Å². The predicted octanol–water partition coefficient (Wildman–Crippen LogP) is 0.736. The SMILES string of the molecule is CCS(=O)(=O)N[C@@H]1C[C@H]1C1CCNCC1.Cl. The summed E-state index contributed by atoms with van der Waals surface area (Å²) < 4.78 is 25.5. The number of hydrogen-bond donors (Lipinski definition) is 2. The van der Waals surface area contributed by atoms with Gasteiger partial charge in [-0.05, 0) is 51.1 Å². The Labute approximate surface area is 104 Å². The normalized spacial score (nSPS) is 30.8. The second kappa shape index (κ2) is 5.67. The van der Waals surface area contributed by atoms with Gasteiger partial charge in [-0.2, -0.15) is 0 Å². The van der Waals surface area contributed by atoms with Crippen molar-refractivity contribution < 1.29 is 8.42 Å². The van der Waals surface area contributed by atoms with E-state index >= 15 is 0 Å². The van der Waals surface area contributed by atoms with Gasteiger partial charge in [-0.3, -0.25) is 0 Å². The van der Waals surface area contributed by atoms with Gasteiger partial charge < -0.3 is 5.32 Å². The summed E-state index contributed by atoms with van der Waals surface area (Å²) >= 11 is 0. The van der Waals surface area contributed by atoms with Crippen molar-refractivity contribution in [3.8, 4) is 0 Å². The number of sulfonamides is 1. The highest BCUT2D eigenvalue weighted by Gasteiger charge is 2.44. The van der Waals surface area contributed by atoms with Gasteiger partial charge >= 0.3 is 0 Å². The molecule has 2 atom stereocenters. The molecule has 0 aromatic heterocycles. The van der Waals surface area contributed by atoms with Crippen molar-refractivity contribution in [2.24, 2.45) is 11.8 Å². The molecule has 0 aromatic carbocycles. The Bertz CT molecular complexity index is 315. The maximum Gasteiger partial charge on any atom is 0.211 e. The van der Waals surface area contributed by atoms with E-state index in [1.807, 2.05) is 0 Å². The monoisotopic (exact) mass is 268 g/mol. The summed E-state index contributed by atoms with van der Waals surface area (Å²) in [6.45, 7) is 3.87. The zero-order chi connectivity index (χ0) is 10.9. The van der Waals surface area contributed by atoms with E-state index in [0.717, 1.165) is 25.4 Å². The van der Waals surface area contributed by atoms with Crippen LogP contribution in [0, 0.1) is 11.8 Å². The van der Waals surface area contributed by atoms with E-state index in [1.165, 1.54) is 12.8 Å². The van der Waals surface area contributed by atoms with E-state index in [1.54, 1.807) is 6.92 Å². The molecule has 0 unspecified atom stereocenters. The lowest BCUT2D eigenvalue weighted by Gasteiger charge is -2.22. The molecule has 2 N–H and O–H groups in total. The number of nitrogens with one attached hydrogen (secondary N) is 2. The maximum atomic E-state index is 11.4. The van der Waals surface area contributed by atoms with Crippen molar-refractivity contribution in [1.29, 1.82) is 0 Å². The Morgan fingerprint density at radius 2 is 1.94 bits per heavy atom. The Balaban J connectivity index is 0.00000128. The van der Waals surface area contributed by atoms with Crippen LogP contribution in [0.5, 0.6) is 0 Å². The Kier molecular flexibility index (Phi) is 5.04. The minimum absolute atomic E-state index is 0. The molecule has 1 saturated heterocycles. The van der Waals surface area contributed by atoms with E-state index in [4.69, 9.17) is 0 Å². The Morgan fingerprint density at radius 3 is 2.50 bits per heavy atom. The second-order valence-electron chi connectivity index (χ2n) is 4.61. The summed E-state index contributed by atoms with van der Waals surface area (Å²) in [6.07, 6.45) is 3.45. The molecule has 4 nitrogen and oxygen atoms in total. The highest BCUT2D eigenvalue weighted by molar-refractivity contribution is 7.89. The quantitative estimate of drug-likeness (QED) is 0.791. The van der Waals surface area contributed by atoms with Crippen LogP contribution in [0.3, 0.4) is 0 Å². The van der Waals surface area contributed by atoms with Gasteiger partial charge in [-0.25, -0.2) is 13.1 Å². The molecule has 16 heavy (non-hydrogen) atoms. The van der Waals surface area contributed by atoms with Gasteiger partial charge in [0.15, 0.2) is 0 Å². The molecule has 2 fully saturated rings. The van der Waals surface area contributed by atoms with Gasteiger partial charge in [0.25, 0.3) is 0 Å². The van der Waals surface area contributed by atoms with E-state index in [0.29, 0.717) is 5.92 Å². The van der Waals surface area contributed by atoms with Gasteiger partial charge in [0.05, 0.1) is 5.75 Å². The highest BCUT2D eigenvalue weighted by Crippen LogP contribution is 2.41. The third kappa shape index (κ3) is 3.58. The number of piperidine rings is 1. The largest absolute Gasteiger partial charge is 0.317 e. The van der Waals surface area contributed by atoms with Crippen molar-refractivity contribution in [2.45, 2.75) is 32.2 Å². The van der Waals surface area contributed by atoms with E-state index in [2.05, 4.69) is 10.0 Å². The summed E-state index contributed by atoms with van der Waals surface area (Å²) in [5.74, 6) is 1.53.